The Labute approximate surface area is 286 Å². The number of pyridine rings is 1. The molecule has 0 spiro atoms. The van der Waals surface area contributed by atoms with E-state index in [1.165, 1.54) is 0 Å². The molecule has 0 saturated carbocycles. The molecule has 0 aliphatic carbocycles. The Bertz CT molecular complexity index is 2810. The van der Waals surface area contributed by atoms with Crippen LogP contribution in [0.2, 0.25) is 0 Å². The fourth-order valence-electron chi connectivity index (χ4n) is 6.35. The summed E-state index contributed by atoms with van der Waals surface area (Å²) in [5.41, 5.74) is 10.3. The number of para-hydroxylation sites is 1. The second-order valence-corrected chi connectivity index (χ2v) is 11.7. The molecule has 8 aromatic rings. The van der Waals surface area contributed by atoms with E-state index in [4.69, 9.17) is 15.0 Å². The normalized spacial score (nSPS) is 10.7. The van der Waals surface area contributed by atoms with Gasteiger partial charge in [0.05, 0.1) is 80.2 Å². The Morgan fingerprint density at radius 3 is 1.58 bits per heavy atom. The molecule has 6 aromatic carbocycles. The van der Waals surface area contributed by atoms with Crippen molar-refractivity contribution in [3.05, 3.63) is 150 Å². The van der Waals surface area contributed by atoms with Crippen LogP contribution >= 0.6 is 0 Å². The highest BCUT2D eigenvalue weighted by molar-refractivity contribution is 6.21. The fourth-order valence-corrected chi connectivity index (χ4v) is 6.35. The van der Waals surface area contributed by atoms with Crippen molar-refractivity contribution in [1.82, 2.24) is 15.0 Å². The van der Waals surface area contributed by atoms with Gasteiger partial charge in [-0.05, 0) is 77.9 Å². The molecule has 0 unspecified atom stereocenters. The molecular weight excluding hydrogens is 615 g/mol. The smallest absolute Gasteiger partial charge is 0.0992 e. The minimum Gasteiger partial charge on any atom is -0.247 e. The Morgan fingerprint density at radius 1 is 0.360 bits per heavy atom. The van der Waals surface area contributed by atoms with Crippen molar-refractivity contribution in [2.24, 2.45) is 0 Å². The molecule has 0 aliphatic heterocycles. The van der Waals surface area contributed by atoms with Crippen molar-refractivity contribution in [2.75, 3.05) is 0 Å². The Morgan fingerprint density at radius 2 is 0.940 bits per heavy atom. The van der Waals surface area contributed by atoms with Gasteiger partial charge in [0.1, 0.15) is 0 Å². The standard InChI is InChI=1S/C43H21N7/c44-22-26-8-12-30(13-9-26)41-42(31-14-10-27(23-45)11-15-31)50-43-38(49-41)17-16-36-39(43)35-6-1-2-7-37(35)48-40(36)33-5-3-4-32(21-33)34-19-28(24-46)18-29(20-34)25-47/h1-21H. The van der Waals surface area contributed by atoms with Crippen LogP contribution in [-0.2, 0) is 0 Å². The number of fused-ring (bicyclic) bond motifs is 5. The Kier molecular flexibility index (Phi) is 7.21. The second-order valence-electron chi connectivity index (χ2n) is 11.7. The van der Waals surface area contributed by atoms with Crippen molar-refractivity contribution in [2.45, 2.75) is 0 Å². The molecule has 0 radical (unpaired) electrons. The van der Waals surface area contributed by atoms with Crippen LogP contribution < -0.4 is 0 Å². The molecule has 0 saturated heterocycles. The minimum absolute atomic E-state index is 0.419. The van der Waals surface area contributed by atoms with E-state index in [9.17, 15) is 21.0 Å². The summed E-state index contributed by atoms with van der Waals surface area (Å²) in [5.74, 6) is 0. The molecule has 7 nitrogen and oxygen atoms in total. The third-order valence-electron chi connectivity index (χ3n) is 8.73. The Hall–Kier alpha value is -7.71. The zero-order valence-corrected chi connectivity index (χ0v) is 26.3. The van der Waals surface area contributed by atoms with Crippen molar-refractivity contribution < 1.29 is 0 Å². The van der Waals surface area contributed by atoms with Gasteiger partial charge in [-0.15, -0.1) is 0 Å². The van der Waals surface area contributed by atoms with Crippen LogP contribution in [0.5, 0.6) is 0 Å². The number of hydrogen-bond donors (Lipinski definition) is 0. The van der Waals surface area contributed by atoms with E-state index in [-0.39, 0.29) is 0 Å². The molecule has 2 heterocycles. The molecule has 7 heteroatoms. The highest BCUT2D eigenvalue weighted by Crippen LogP contribution is 2.39. The highest BCUT2D eigenvalue weighted by atomic mass is 14.8. The number of benzene rings is 6. The van der Waals surface area contributed by atoms with Gasteiger partial charge in [-0.25, -0.2) is 15.0 Å². The average Bonchev–Trinajstić information content (AvgIpc) is 3.19. The van der Waals surface area contributed by atoms with Crippen molar-refractivity contribution >= 4 is 32.7 Å². The summed E-state index contributed by atoms with van der Waals surface area (Å²) < 4.78 is 0. The molecule has 0 fully saturated rings. The van der Waals surface area contributed by atoms with Crippen molar-refractivity contribution in [1.29, 1.82) is 21.0 Å². The third kappa shape index (κ3) is 5.11. The second kappa shape index (κ2) is 12.1. The topological polar surface area (TPSA) is 134 Å². The average molecular weight is 636 g/mol. The quantitative estimate of drug-likeness (QED) is 0.176. The molecule has 0 amide bonds. The SMILES string of the molecule is N#Cc1ccc(-c2nc3ccc4c(-c5cccc(-c6cc(C#N)cc(C#N)c6)c5)nc5ccccc5c4c3nc2-c2ccc(C#N)cc2)cc1. The predicted molar refractivity (Wildman–Crippen MR) is 193 cm³/mol. The van der Waals surface area contributed by atoms with Gasteiger partial charge >= 0.3 is 0 Å². The van der Waals surface area contributed by atoms with E-state index >= 15 is 0 Å². The zero-order valence-electron chi connectivity index (χ0n) is 26.3. The van der Waals surface area contributed by atoms with E-state index in [0.29, 0.717) is 44.7 Å². The van der Waals surface area contributed by atoms with Gasteiger partial charge in [0, 0.05) is 32.8 Å². The van der Waals surface area contributed by atoms with E-state index in [1.54, 1.807) is 42.5 Å². The lowest BCUT2D eigenvalue weighted by molar-refractivity contribution is 1.30. The summed E-state index contributed by atoms with van der Waals surface area (Å²) >= 11 is 0. The molecular formula is C43H21N7. The van der Waals surface area contributed by atoms with E-state index in [2.05, 4.69) is 24.3 Å². The van der Waals surface area contributed by atoms with E-state index in [1.807, 2.05) is 84.9 Å². The molecule has 2 aromatic heterocycles. The number of rotatable bonds is 4. The lowest BCUT2D eigenvalue weighted by Gasteiger charge is -2.15. The number of nitrogens with zero attached hydrogens (tertiary/aromatic N) is 7. The van der Waals surface area contributed by atoms with Gasteiger partial charge in [-0.1, -0.05) is 60.7 Å². The van der Waals surface area contributed by atoms with E-state index in [0.717, 1.165) is 55.2 Å². The number of nitriles is 4. The first kappa shape index (κ1) is 29.7. The molecule has 50 heavy (non-hydrogen) atoms. The van der Waals surface area contributed by atoms with Gasteiger partial charge in [0.2, 0.25) is 0 Å². The molecule has 0 aliphatic rings. The fraction of sp³-hybridized carbons (Fsp3) is 0. The number of aromatic nitrogens is 3. The first-order chi connectivity index (χ1) is 24.6. The van der Waals surface area contributed by atoms with Crippen LogP contribution in [0.1, 0.15) is 22.3 Å². The monoisotopic (exact) mass is 635 g/mol. The summed E-state index contributed by atoms with van der Waals surface area (Å²) in [5, 5.41) is 40.7. The van der Waals surface area contributed by atoms with Crippen LogP contribution in [0, 0.1) is 45.3 Å². The lowest BCUT2D eigenvalue weighted by atomic mass is 9.95. The van der Waals surface area contributed by atoms with Crippen molar-refractivity contribution in [3.63, 3.8) is 0 Å². The molecule has 0 atom stereocenters. The van der Waals surface area contributed by atoms with Gasteiger partial charge < -0.3 is 0 Å². The molecule has 0 N–H and O–H groups in total. The summed E-state index contributed by atoms with van der Waals surface area (Å²) in [4.78, 5) is 15.7. The predicted octanol–water partition coefficient (Wildman–Crippen LogP) is 9.49. The molecule has 8 rings (SSSR count). The first-order valence-corrected chi connectivity index (χ1v) is 15.7. The van der Waals surface area contributed by atoms with Gasteiger partial charge in [0.25, 0.3) is 0 Å². The summed E-state index contributed by atoms with van der Waals surface area (Å²) in [6, 6.07) is 48.3. The Balaban J connectivity index is 1.41. The van der Waals surface area contributed by atoms with Gasteiger partial charge in [-0.2, -0.15) is 21.0 Å². The largest absolute Gasteiger partial charge is 0.247 e. The molecule has 0 bridgehead atoms. The minimum atomic E-state index is 0.419. The lowest BCUT2D eigenvalue weighted by Crippen LogP contribution is -1.98. The summed E-state index contributed by atoms with van der Waals surface area (Å²) in [7, 11) is 0. The van der Waals surface area contributed by atoms with Crippen LogP contribution in [0.3, 0.4) is 0 Å². The summed E-state index contributed by atoms with van der Waals surface area (Å²) in [6.45, 7) is 0. The maximum atomic E-state index is 9.58. The zero-order chi connectivity index (χ0) is 34.2. The molecule has 228 valence electrons. The van der Waals surface area contributed by atoms with Gasteiger partial charge in [-0.3, -0.25) is 0 Å². The van der Waals surface area contributed by atoms with Crippen LogP contribution in [0.15, 0.2) is 127 Å². The van der Waals surface area contributed by atoms with Crippen LogP contribution in [0.4, 0.5) is 0 Å². The number of hydrogen-bond acceptors (Lipinski definition) is 7. The van der Waals surface area contributed by atoms with Crippen molar-refractivity contribution in [3.8, 4) is 69.2 Å². The highest BCUT2D eigenvalue weighted by Gasteiger charge is 2.19. The first-order valence-electron chi connectivity index (χ1n) is 15.7. The van der Waals surface area contributed by atoms with E-state index < -0.39 is 0 Å². The maximum Gasteiger partial charge on any atom is 0.0992 e. The van der Waals surface area contributed by atoms with Crippen LogP contribution in [0.25, 0.3) is 77.6 Å². The summed E-state index contributed by atoms with van der Waals surface area (Å²) in [6.07, 6.45) is 0. The third-order valence-corrected chi connectivity index (χ3v) is 8.73. The maximum absolute atomic E-state index is 9.58. The van der Waals surface area contributed by atoms with Gasteiger partial charge in [0.15, 0.2) is 0 Å². The van der Waals surface area contributed by atoms with Crippen LogP contribution in [-0.4, -0.2) is 15.0 Å².